The third kappa shape index (κ3) is 5.81. The van der Waals surface area contributed by atoms with Crippen LogP contribution >= 0.6 is 0 Å². The molecule has 0 radical (unpaired) electrons. The predicted octanol–water partition coefficient (Wildman–Crippen LogP) is 14.9. The molecule has 0 aliphatic carbocycles. The average molecular weight is 690 g/mol. The van der Waals surface area contributed by atoms with E-state index in [1.54, 1.807) is 0 Å². The zero-order valence-corrected chi connectivity index (χ0v) is 29.6. The fraction of sp³-hybridized carbons (Fsp3) is 0. The van der Waals surface area contributed by atoms with Gasteiger partial charge < -0.3 is 9.32 Å². The first-order valence-corrected chi connectivity index (χ1v) is 18.4. The summed E-state index contributed by atoms with van der Waals surface area (Å²) in [6.07, 6.45) is 0. The van der Waals surface area contributed by atoms with E-state index in [9.17, 15) is 0 Å². The Kier molecular flexibility index (Phi) is 7.85. The number of furan rings is 1. The SMILES string of the molecule is c1ccc(N(c2ccc(-c3ccc(-c4cccc5ccccc45)cc3)cc2)c2ccc(-c3ccc4ccccc4c3)cc2)c(-c2cc3ccccc3o2)c1. The third-order valence-corrected chi connectivity index (χ3v) is 10.5. The number of rotatable bonds is 7. The Morgan fingerprint density at radius 2 is 0.833 bits per heavy atom. The molecule has 10 rings (SSSR count). The van der Waals surface area contributed by atoms with Crippen LogP contribution in [0.1, 0.15) is 0 Å². The molecular formula is C52H35NO. The van der Waals surface area contributed by atoms with Crippen LogP contribution in [-0.4, -0.2) is 0 Å². The molecule has 2 heteroatoms. The second kappa shape index (κ2) is 13.4. The Hall–Kier alpha value is -7.16. The van der Waals surface area contributed by atoms with Gasteiger partial charge in [0.1, 0.15) is 11.3 Å². The highest BCUT2D eigenvalue weighted by Crippen LogP contribution is 2.43. The van der Waals surface area contributed by atoms with Gasteiger partial charge in [0.05, 0.1) is 5.69 Å². The summed E-state index contributed by atoms with van der Waals surface area (Å²) in [6.45, 7) is 0. The van der Waals surface area contributed by atoms with Crippen LogP contribution in [0.25, 0.3) is 77.2 Å². The van der Waals surface area contributed by atoms with Gasteiger partial charge in [0.2, 0.25) is 0 Å². The molecule has 54 heavy (non-hydrogen) atoms. The Balaban J connectivity index is 1.03. The first kappa shape index (κ1) is 31.6. The molecule has 1 aromatic heterocycles. The minimum Gasteiger partial charge on any atom is -0.456 e. The fourth-order valence-electron chi connectivity index (χ4n) is 7.71. The zero-order chi connectivity index (χ0) is 35.8. The van der Waals surface area contributed by atoms with Crippen LogP contribution in [0.4, 0.5) is 17.1 Å². The molecule has 0 aliphatic heterocycles. The molecule has 0 unspecified atom stereocenters. The predicted molar refractivity (Wildman–Crippen MR) is 228 cm³/mol. The number of nitrogens with zero attached hydrogens (tertiary/aromatic N) is 1. The highest BCUT2D eigenvalue weighted by molar-refractivity contribution is 5.97. The van der Waals surface area contributed by atoms with Crippen LogP contribution < -0.4 is 4.90 Å². The van der Waals surface area contributed by atoms with Crippen molar-refractivity contribution in [1.29, 1.82) is 0 Å². The summed E-state index contributed by atoms with van der Waals surface area (Å²) in [6, 6.07) is 75.9. The van der Waals surface area contributed by atoms with Gasteiger partial charge in [-0.05, 0) is 110 Å². The lowest BCUT2D eigenvalue weighted by molar-refractivity contribution is 0.631. The van der Waals surface area contributed by atoms with Gasteiger partial charge in [-0.25, -0.2) is 0 Å². The average Bonchev–Trinajstić information content (AvgIpc) is 3.69. The van der Waals surface area contributed by atoms with Crippen LogP contribution in [0.3, 0.4) is 0 Å². The van der Waals surface area contributed by atoms with Gasteiger partial charge in [-0.2, -0.15) is 0 Å². The highest BCUT2D eigenvalue weighted by Gasteiger charge is 2.19. The minimum atomic E-state index is 0.840. The van der Waals surface area contributed by atoms with Gasteiger partial charge >= 0.3 is 0 Å². The van der Waals surface area contributed by atoms with Crippen molar-refractivity contribution < 1.29 is 4.42 Å². The number of anilines is 3. The lowest BCUT2D eigenvalue weighted by atomic mass is 9.96. The van der Waals surface area contributed by atoms with Crippen molar-refractivity contribution in [2.24, 2.45) is 0 Å². The quantitative estimate of drug-likeness (QED) is 0.166. The van der Waals surface area contributed by atoms with Crippen LogP contribution in [0, 0.1) is 0 Å². The van der Waals surface area contributed by atoms with E-state index >= 15 is 0 Å². The molecule has 10 aromatic rings. The van der Waals surface area contributed by atoms with Gasteiger partial charge in [-0.1, -0.05) is 158 Å². The molecule has 0 spiro atoms. The van der Waals surface area contributed by atoms with Crippen molar-refractivity contribution >= 4 is 49.6 Å². The molecule has 0 fully saturated rings. The summed E-state index contributed by atoms with van der Waals surface area (Å²) in [4.78, 5) is 2.33. The van der Waals surface area contributed by atoms with Crippen molar-refractivity contribution in [3.63, 3.8) is 0 Å². The summed E-state index contributed by atoms with van der Waals surface area (Å²) in [5.41, 5.74) is 12.3. The van der Waals surface area contributed by atoms with Crippen LogP contribution in [-0.2, 0) is 0 Å². The first-order valence-electron chi connectivity index (χ1n) is 18.4. The standard InChI is InChI=1S/C52H35NO/c1-2-12-42-34-43(25-22-36(42)10-1)39-28-32-46(33-29-39)53(50-18-7-6-16-49(50)52-35-44-13-4-8-19-51(44)54-52)45-30-26-38(27-31-45)37-20-23-41(24-21-37)48-17-9-14-40-11-3-5-15-47(40)48/h1-35H. The van der Waals surface area contributed by atoms with E-state index in [4.69, 9.17) is 4.42 Å². The number of fused-ring (bicyclic) bond motifs is 3. The fourth-order valence-corrected chi connectivity index (χ4v) is 7.71. The van der Waals surface area contributed by atoms with Crippen molar-refractivity contribution in [1.82, 2.24) is 0 Å². The monoisotopic (exact) mass is 689 g/mol. The maximum atomic E-state index is 6.44. The molecule has 9 aromatic carbocycles. The molecule has 0 atom stereocenters. The molecule has 0 amide bonds. The van der Waals surface area contributed by atoms with E-state index in [0.717, 1.165) is 39.4 Å². The number of hydrogen-bond acceptors (Lipinski definition) is 2. The van der Waals surface area contributed by atoms with Crippen LogP contribution in [0.15, 0.2) is 217 Å². The summed E-state index contributed by atoms with van der Waals surface area (Å²) < 4.78 is 6.44. The van der Waals surface area contributed by atoms with Crippen molar-refractivity contribution in [3.05, 3.63) is 212 Å². The molecule has 0 saturated carbocycles. The topological polar surface area (TPSA) is 16.4 Å². The molecule has 0 N–H and O–H groups in total. The normalized spacial score (nSPS) is 11.3. The molecule has 0 bridgehead atoms. The molecule has 0 saturated heterocycles. The van der Waals surface area contributed by atoms with Crippen molar-refractivity contribution in [2.75, 3.05) is 4.90 Å². The highest BCUT2D eigenvalue weighted by atomic mass is 16.3. The molecule has 254 valence electrons. The van der Waals surface area contributed by atoms with E-state index in [1.165, 1.54) is 54.9 Å². The van der Waals surface area contributed by atoms with Crippen molar-refractivity contribution in [3.8, 4) is 44.7 Å². The molecule has 1 heterocycles. The van der Waals surface area contributed by atoms with Gasteiger partial charge in [0.25, 0.3) is 0 Å². The first-order chi connectivity index (χ1) is 26.7. The Labute approximate surface area is 314 Å². The number of hydrogen-bond donors (Lipinski definition) is 0. The summed E-state index contributed by atoms with van der Waals surface area (Å²) >= 11 is 0. The van der Waals surface area contributed by atoms with E-state index in [1.807, 2.05) is 12.1 Å². The summed E-state index contributed by atoms with van der Waals surface area (Å²) in [7, 11) is 0. The van der Waals surface area contributed by atoms with Crippen LogP contribution in [0.2, 0.25) is 0 Å². The molecule has 0 aliphatic rings. The minimum absolute atomic E-state index is 0.840. The second-order valence-corrected chi connectivity index (χ2v) is 13.8. The van der Waals surface area contributed by atoms with E-state index in [2.05, 4.69) is 205 Å². The van der Waals surface area contributed by atoms with Gasteiger partial charge in [-0.15, -0.1) is 0 Å². The number of para-hydroxylation sites is 2. The van der Waals surface area contributed by atoms with Gasteiger partial charge in [-0.3, -0.25) is 0 Å². The molecular weight excluding hydrogens is 655 g/mol. The Morgan fingerprint density at radius 3 is 1.57 bits per heavy atom. The lowest BCUT2D eigenvalue weighted by Crippen LogP contribution is -2.11. The van der Waals surface area contributed by atoms with Crippen LogP contribution in [0.5, 0.6) is 0 Å². The molecule has 2 nitrogen and oxygen atoms in total. The summed E-state index contributed by atoms with van der Waals surface area (Å²) in [5, 5.41) is 6.10. The van der Waals surface area contributed by atoms with E-state index in [0.29, 0.717) is 0 Å². The zero-order valence-electron chi connectivity index (χ0n) is 29.6. The summed E-state index contributed by atoms with van der Waals surface area (Å²) in [5.74, 6) is 0.840. The van der Waals surface area contributed by atoms with Gasteiger partial charge in [0.15, 0.2) is 0 Å². The smallest absolute Gasteiger partial charge is 0.137 e. The maximum absolute atomic E-state index is 6.44. The van der Waals surface area contributed by atoms with Gasteiger partial charge in [0, 0.05) is 22.3 Å². The largest absolute Gasteiger partial charge is 0.456 e. The van der Waals surface area contributed by atoms with E-state index in [-0.39, 0.29) is 0 Å². The number of benzene rings is 9. The maximum Gasteiger partial charge on any atom is 0.137 e. The third-order valence-electron chi connectivity index (χ3n) is 10.5. The van der Waals surface area contributed by atoms with E-state index < -0.39 is 0 Å². The lowest BCUT2D eigenvalue weighted by Gasteiger charge is -2.27. The Morgan fingerprint density at radius 1 is 0.315 bits per heavy atom. The Bertz CT molecular complexity index is 2880. The second-order valence-electron chi connectivity index (χ2n) is 13.8. The van der Waals surface area contributed by atoms with Crippen molar-refractivity contribution in [2.45, 2.75) is 0 Å².